The molecule has 2 rings (SSSR count). The molecule has 0 spiro atoms. The van der Waals surface area contributed by atoms with Crippen LogP contribution in [0.3, 0.4) is 0 Å². The minimum Gasteiger partial charge on any atom is -0.452 e. The first kappa shape index (κ1) is 18.3. The zero-order valence-corrected chi connectivity index (χ0v) is 14.9. The summed E-state index contributed by atoms with van der Waals surface area (Å²) in [5.74, 6) is -0.769. The number of carbonyl (C=O) groups is 2. The number of nitrogens with one attached hydrogen (secondary N) is 1. The molecule has 1 N–H and O–H groups in total. The van der Waals surface area contributed by atoms with Gasteiger partial charge in [0.15, 0.2) is 12.4 Å². The molecule has 0 saturated carbocycles. The Morgan fingerprint density at radius 1 is 1.25 bits per heavy atom. The van der Waals surface area contributed by atoms with E-state index in [1.54, 1.807) is 13.0 Å². The summed E-state index contributed by atoms with van der Waals surface area (Å²) in [5, 5.41) is 7.09. The lowest BCUT2D eigenvalue weighted by molar-refractivity contribution is -0.119. The molecule has 6 nitrogen and oxygen atoms in total. The molecule has 1 aromatic carbocycles. The van der Waals surface area contributed by atoms with Crippen LogP contribution in [0, 0.1) is 6.92 Å². The summed E-state index contributed by atoms with van der Waals surface area (Å²) in [6.45, 7) is 4.92. The van der Waals surface area contributed by atoms with Crippen LogP contribution in [-0.4, -0.2) is 23.6 Å². The van der Waals surface area contributed by atoms with E-state index in [0.717, 1.165) is 0 Å². The smallest absolute Gasteiger partial charge is 0.344 e. The third-order valence-electron chi connectivity index (χ3n) is 3.10. The maximum Gasteiger partial charge on any atom is 0.344 e. The summed E-state index contributed by atoms with van der Waals surface area (Å²) < 4.78 is 10.2. The fourth-order valence-electron chi connectivity index (χ4n) is 2.06. The van der Waals surface area contributed by atoms with Gasteiger partial charge in [0.05, 0.1) is 5.69 Å². The van der Waals surface area contributed by atoms with Crippen LogP contribution in [0.1, 0.15) is 41.6 Å². The molecule has 0 atom stereocenters. The molecule has 0 aliphatic heterocycles. The Labute approximate surface area is 149 Å². The van der Waals surface area contributed by atoms with Crippen molar-refractivity contribution in [2.24, 2.45) is 0 Å². The summed E-state index contributed by atoms with van der Waals surface area (Å²) >= 11 is 11.7. The van der Waals surface area contributed by atoms with E-state index in [-0.39, 0.29) is 11.5 Å². The Balaban J connectivity index is 1.99. The lowest BCUT2D eigenvalue weighted by Crippen LogP contribution is -2.21. The van der Waals surface area contributed by atoms with Crippen molar-refractivity contribution in [3.8, 4) is 0 Å². The molecule has 0 saturated heterocycles. The second-order valence-electron chi connectivity index (χ2n) is 5.44. The van der Waals surface area contributed by atoms with Gasteiger partial charge in [0.2, 0.25) is 0 Å². The fourth-order valence-corrected chi connectivity index (χ4v) is 2.58. The molecule has 0 bridgehead atoms. The first-order chi connectivity index (χ1) is 11.3. The lowest BCUT2D eigenvalue weighted by atomic mass is 10.1. The summed E-state index contributed by atoms with van der Waals surface area (Å²) in [6.07, 6.45) is 0. The number of benzene rings is 1. The lowest BCUT2D eigenvalue weighted by Gasteiger charge is -2.08. The Morgan fingerprint density at radius 3 is 2.46 bits per heavy atom. The van der Waals surface area contributed by atoms with Gasteiger partial charge >= 0.3 is 5.97 Å². The molecule has 1 aromatic heterocycles. The van der Waals surface area contributed by atoms with Gasteiger partial charge in [0.1, 0.15) is 5.56 Å². The maximum atomic E-state index is 12.2. The van der Waals surface area contributed by atoms with Crippen LogP contribution in [0.5, 0.6) is 0 Å². The molecule has 2 aromatic rings. The molecule has 0 unspecified atom stereocenters. The fraction of sp³-hybridized carbons (Fsp3) is 0.312. The average Bonchev–Trinajstić information content (AvgIpc) is 2.85. The summed E-state index contributed by atoms with van der Waals surface area (Å²) in [7, 11) is 0. The molecule has 0 radical (unpaired) electrons. The molecule has 24 heavy (non-hydrogen) atoms. The number of ether oxygens (including phenoxy) is 1. The van der Waals surface area contributed by atoms with E-state index in [9.17, 15) is 9.59 Å². The van der Waals surface area contributed by atoms with E-state index in [0.29, 0.717) is 27.2 Å². The van der Waals surface area contributed by atoms with Crippen LogP contribution in [0.4, 0.5) is 5.69 Å². The first-order valence-corrected chi connectivity index (χ1v) is 7.92. The molecule has 128 valence electrons. The first-order valence-electron chi connectivity index (χ1n) is 7.17. The van der Waals surface area contributed by atoms with Gasteiger partial charge in [0, 0.05) is 21.7 Å². The second kappa shape index (κ2) is 7.68. The molecule has 1 heterocycles. The Morgan fingerprint density at radius 2 is 1.88 bits per heavy atom. The van der Waals surface area contributed by atoms with Crippen molar-refractivity contribution >= 4 is 40.8 Å². The molecule has 0 aliphatic rings. The third kappa shape index (κ3) is 4.49. The minimum atomic E-state index is -0.656. The highest BCUT2D eigenvalue weighted by Crippen LogP contribution is 2.24. The van der Waals surface area contributed by atoms with Crippen molar-refractivity contribution in [3.05, 3.63) is 45.3 Å². The van der Waals surface area contributed by atoms with Gasteiger partial charge in [-0.05, 0) is 25.1 Å². The monoisotopic (exact) mass is 370 g/mol. The highest BCUT2D eigenvalue weighted by Gasteiger charge is 2.24. The van der Waals surface area contributed by atoms with Crippen LogP contribution >= 0.6 is 23.2 Å². The van der Waals surface area contributed by atoms with E-state index in [1.165, 1.54) is 12.1 Å². The van der Waals surface area contributed by atoms with Crippen LogP contribution < -0.4 is 5.32 Å². The standard InChI is InChI=1S/C16H16Cl2N2O4/c1-8(2)15-14(9(3)20-24-15)16(22)23-7-13(21)19-12-5-10(17)4-11(18)6-12/h4-6,8H,7H2,1-3H3,(H,19,21). The van der Waals surface area contributed by atoms with Crippen molar-refractivity contribution in [1.82, 2.24) is 5.16 Å². The summed E-state index contributed by atoms with van der Waals surface area (Å²) in [6, 6.07) is 4.61. The Bertz CT molecular complexity index is 751. The number of rotatable bonds is 5. The molecular weight excluding hydrogens is 355 g/mol. The van der Waals surface area contributed by atoms with E-state index in [2.05, 4.69) is 10.5 Å². The van der Waals surface area contributed by atoms with Crippen LogP contribution in [0.15, 0.2) is 22.7 Å². The largest absolute Gasteiger partial charge is 0.452 e. The van der Waals surface area contributed by atoms with Crippen LogP contribution in [0.25, 0.3) is 0 Å². The molecule has 0 fully saturated rings. The average molecular weight is 371 g/mol. The van der Waals surface area contributed by atoms with E-state index in [4.69, 9.17) is 32.5 Å². The van der Waals surface area contributed by atoms with Crippen LogP contribution in [0.2, 0.25) is 10.0 Å². The van der Waals surface area contributed by atoms with Crippen molar-refractivity contribution in [2.75, 3.05) is 11.9 Å². The van der Waals surface area contributed by atoms with Crippen molar-refractivity contribution in [2.45, 2.75) is 26.7 Å². The topological polar surface area (TPSA) is 81.4 Å². The number of carbonyl (C=O) groups excluding carboxylic acids is 2. The normalized spacial score (nSPS) is 10.8. The minimum absolute atomic E-state index is 0.0313. The molecule has 0 aliphatic carbocycles. The van der Waals surface area contributed by atoms with Gasteiger partial charge in [-0.15, -0.1) is 0 Å². The van der Waals surface area contributed by atoms with Crippen molar-refractivity contribution in [1.29, 1.82) is 0 Å². The highest BCUT2D eigenvalue weighted by molar-refractivity contribution is 6.35. The van der Waals surface area contributed by atoms with Gasteiger partial charge in [0.25, 0.3) is 5.91 Å². The number of esters is 1. The predicted octanol–water partition coefficient (Wildman–Crippen LogP) is 4.21. The summed E-state index contributed by atoms with van der Waals surface area (Å²) in [4.78, 5) is 24.1. The van der Waals surface area contributed by atoms with Crippen LogP contribution in [-0.2, 0) is 9.53 Å². The Hall–Kier alpha value is -2.05. The Kier molecular flexibility index (Phi) is 5.85. The van der Waals surface area contributed by atoms with E-state index >= 15 is 0 Å². The molecular formula is C16H16Cl2N2O4. The van der Waals surface area contributed by atoms with Gasteiger partial charge < -0.3 is 14.6 Å². The quantitative estimate of drug-likeness (QED) is 0.797. The number of amides is 1. The molecule has 1 amide bonds. The SMILES string of the molecule is Cc1noc(C(C)C)c1C(=O)OCC(=O)Nc1cc(Cl)cc(Cl)c1. The zero-order valence-electron chi connectivity index (χ0n) is 13.4. The summed E-state index contributed by atoms with van der Waals surface area (Å²) in [5.41, 5.74) is 1.09. The predicted molar refractivity (Wildman–Crippen MR) is 90.7 cm³/mol. The zero-order chi connectivity index (χ0) is 17.9. The number of aryl methyl sites for hydroxylation is 1. The number of aromatic nitrogens is 1. The maximum absolute atomic E-state index is 12.2. The van der Waals surface area contributed by atoms with Gasteiger partial charge in [-0.2, -0.15) is 0 Å². The number of nitrogens with zero attached hydrogens (tertiary/aromatic N) is 1. The number of hydrogen-bond donors (Lipinski definition) is 1. The second-order valence-corrected chi connectivity index (χ2v) is 6.32. The number of hydrogen-bond acceptors (Lipinski definition) is 5. The highest BCUT2D eigenvalue weighted by atomic mass is 35.5. The van der Waals surface area contributed by atoms with Crippen molar-refractivity contribution < 1.29 is 18.8 Å². The molecule has 8 heteroatoms. The number of anilines is 1. The van der Waals surface area contributed by atoms with Gasteiger partial charge in [-0.1, -0.05) is 42.2 Å². The van der Waals surface area contributed by atoms with Crippen molar-refractivity contribution in [3.63, 3.8) is 0 Å². The van der Waals surface area contributed by atoms with E-state index < -0.39 is 18.5 Å². The van der Waals surface area contributed by atoms with Gasteiger partial charge in [-0.3, -0.25) is 4.79 Å². The number of halogens is 2. The third-order valence-corrected chi connectivity index (χ3v) is 3.53. The van der Waals surface area contributed by atoms with E-state index in [1.807, 2.05) is 13.8 Å². The van der Waals surface area contributed by atoms with Gasteiger partial charge in [-0.25, -0.2) is 4.79 Å².